The van der Waals surface area contributed by atoms with Gasteiger partial charge >= 0.3 is 0 Å². The smallest absolute Gasteiger partial charge is 0.191 e. The molecule has 1 aliphatic heterocycles. The number of aromatic nitrogens is 1. The molecular formula is C21H29ClIN5O. The van der Waals surface area contributed by atoms with E-state index in [1.165, 1.54) is 11.1 Å². The molecule has 0 radical (unpaired) electrons. The number of benzene rings is 1. The summed E-state index contributed by atoms with van der Waals surface area (Å²) in [6.45, 7) is 6.20. The molecule has 2 aromatic rings. The summed E-state index contributed by atoms with van der Waals surface area (Å²) in [5.41, 5.74) is 3.71. The van der Waals surface area contributed by atoms with E-state index in [0.29, 0.717) is 5.15 Å². The van der Waals surface area contributed by atoms with Gasteiger partial charge in [0.25, 0.3) is 0 Å². The van der Waals surface area contributed by atoms with Gasteiger partial charge in [-0.25, -0.2) is 4.98 Å². The Kier molecular flexibility index (Phi) is 10.7. The van der Waals surface area contributed by atoms with Crippen molar-refractivity contribution in [1.82, 2.24) is 20.5 Å². The Morgan fingerprint density at radius 3 is 2.41 bits per heavy atom. The fourth-order valence-corrected chi connectivity index (χ4v) is 3.18. The van der Waals surface area contributed by atoms with E-state index in [4.69, 9.17) is 16.3 Å². The van der Waals surface area contributed by atoms with E-state index in [0.717, 1.165) is 63.9 Å². The Bertz CT molecular complexity index is 749. The third-order valence-electron chi connectivity index (χ3n) is 4.71. The van der Waals surface area contributed by atoms with E-state index in [9.17, 15) is 0 Å². The molecule has 1 fully saturated rings. The Morgan fingerprint density at radius 1 is 1.07 bits per heavy atom. The summed E-state index contributed by atoms with van der Waals surface area (Å²) >= 11 is 5.81. The lowest BCUT2D eigenvalue weighted by atomic mass is 10.1. The van der Waals surface area contributed by atoms with Gasteiger partial charge in [0.15, 0.2) is 5.96 Å². The largest absolute Gasteiger partial charge is 0.379 e. The molecule has 1 aromatic carbocycles. The van der Waals surface area contributed by atoms with Gasteiger partial charge in [0.05, 0.1) is 13.2 Å². The maximum absolute atomic E-state index is 5.81. The molecule has 0 unspecified atom stereocenters. The minimum Gasteiger partial charge on any atom is -0.379 e. The third kappa shape index (κ3) is 8.46. The number of aliphatic imine (C=N–C) groups is 1. The van der Waals surface area contributed by atoms with Crippen LogP contribution in [0.2, 0.25) is 5.15 Å². The second-order valence-corrected chi connectivity index (χ2v) is 7.18. The number of hydrogen-bond donors (Lipinski definition) is 2. The summed E-state index contributed by atoms with van der Waals surface area (Å²) in [7, 11) is 1.78. The molecule has 1 aromatic heterocycles. The first-order valence-corrected chi connectivity index (χ1v) is 10.0. The van der Waals surface area contributed by atoms with Crippen molar-refractivity contribution in [3.05, 3.63) is 64.4 Å². The van der Waals surface area contributed by atoms with E-state index in [1.807, 2.05) is 12.1 Å². The van der Waals surface area contributed by atoms with Crippen LogP contribution in [0.1, 0.15) is 16.7 Å². The molecule has 3 rings (SSSR count). The minimum absolute atomic E-state index is 0. The fourth-order valence-electron chi connectivity index (χ4n) is 3.07. The molecule has 1 saturated heterocycles. The van der Waals surface area contributed by atoms with Gasteiger partial charge in [0.2, 0.25) is 0 Å². The number of ether oxygens (including phenoxy) is 1. The zero-order valence-electron chi connectivity index (χ0n) is 16.7. The van der Waals surface area contributed by atoms with Crippen LogP contribution in [-0.2, 0) is 24.2 Å². The van der Waals surface area contributed by atoms with Crippen LogP contribution < -0.4 is 10.6 Å². The van der Waals surface area contributed by atoms with Crippen molar-refractivity contribution in [2.45, 2.75) is 19.5 Å². The minimum atomic E-state index is 0. The molecule has 8 heteroatoms. The van der Waals surface area contributed by atoms with Crippen LogP contribution in [0.4, 0.5) is 0 Å². The molecular weight excluding hydrogens is 501 g/mol. The SMILES string of the molecule is CN=C(NCCc1ccc(Cl)nc1)NCc1ccc(CN2CCOCC2)cc1.I. The molecule has 0 aliphatic carbocycles. The van der Waals surface area contributed by atoms with Gasteiger partial charge < -0.3 is 15.4 Å². The van der Waals surface area contributed by atoms with Crippen molar-refractivity contribution in [3.63, 3.8) is 0 Å². The summed E-state index contributed by atoms with van der Waals surface area (Å²) in [5, 5.41) is 7.20. The van der Waals surface area contributed by atoms with Crippen molar-refractivity contribution >= 4 is 41.5 Å². The van der Waals surface area contributed by atoms with Crippen LogP contribution in [0.3, 0.4) is 0 Å². The lowest BCUT2D eigenvalue weighted by Gasteiger charge is -2.26. The van der Waals surface area contributed by atoms with Crippen molar-refractivity contribution in [2.24, 2.45) is 4.99 Å². The molecule has 0 saturated carbocycles. The van der Waals surface area contributed by atoms with Crippen LogP contribution in [0.5, 0.6) is 0 Å². The fraction of sp³-hybridized carbons (Fsp3) is 0.429. The second kappa shape index (κ2) is 13.0. The first-order chi connectivity index (χ1) is 13.7. The Balaban J connectivity index is 0.00000300. The predicted octanol–water partition coefficient (Wildman–Crippen LogP) is 3.09. The number of nitrogens with one attached hydrogen (secondary N) is 2. The standard InChI is InChI=1S/C21H28ClN5O.HI/c1-23-21(24-9-8-18-6-7-20(22)25-14-18)26-15-17-2-4-19(5-3-17)16-27-10-12-28-13-11-27;/h2-7,14H,8-13,15-16H2,1H3,(H2,23,24,26);1H. The highest BCUT2D eigenvalue weighted by atomic mass is 127. The summed E-state index contributed by atoms with van der Waals surface area (Å²) in [6, 6.07) is 12.6. The molecule has 2 heterocycles. The molecule has 29 heavy (non-hydrogen) atoms. The maximum Gasteiger partial charge on any atom is 0.191 e. The highest BCUT2D eigenvalue weighted by Crippen LogP contribution is 2.09. The molecule has 6 nitrogen and oxygen atoms in total. The van der Waals surface area contributed by atoms with Crippen LogP contribution >= 0.6 is 35.6 Å². The molecule has 1 aliphatic rings. The summed E-state index contributed by atoms with van der Waals surface area (Å²) in [5.74, 6) is 0.791. The number of guanidine groups is 1. The average Bonchev–Trinajstić information content (AvgIpc) is 2.74. The normalized spacial score (nSPS) is 14.9. The quantitative estimate of drug-likeness (QED) is 0.250. The number of morpholine rings is 1. The van der Waals surface area contributed by atoms with Gasteiger partial charge in [-0.3, -0.25) is 9.89 Å². The number of halogens is 2. The first-order valence-electron chi connectivity index (χ1n) is 9.66. The van der Waals surface area contributed by atoms with E-state index in [-0.39, 0.29) is 24.0 Å². The van der Waals surface area contributed by atoms with Crippen molar-refractivity contribution < 1.29 is 4.74 Å². The lowest BCUT2D eigenvalue weighted by molar-refractivity contribution is 0.0342. The van der Waals surface area contributed by atoms with Crippen molar-refractivity contribution in [1.29, 1.82) is 0 Å². The van der Waals surface area contributed by atoms with E-state index in [2.05, 4.69) is 49.8 Å². The average molecular weight is 530 g/mol. The molecule has 0 atom stereocenters. The molecule has 0 bridgehead atoms. The Morgan fingerprint density at radius 2 is 1.76 bits per heavy atom. The van der Waals surface area contributed by atoms with Crippen molar-refractivity contribution in [2.75, 3.05) is 39.9 Å². The molecule has 158 valence electrons. The van der Waals surface area contributed by atoms with Crippen LogP contribution in [-0.4, -0.2) is 55.7 Å². The highest BCUT2D eigenvalue weighted by molar-refractivity contribution is 14.0. The third-order valence-corrected chi connectivity index (χ3v) is 4.93. The Hall–Kier alpha value is -1.42. The Labute approximate surface area is 195 Å². The summed E-state index contributed by atoms with van der Waals surface area (Å²) in [6.07, 6.45) is 2.67. The van der Waals surface area contributed by atoms with Gasteiger partial charge in [-0.2, -0.15) is 0 Å². The second-order valence-electron chi connectivity index (χ2n) is 6.80. The van der Waals surface area contributed by atoms with Crippen LogP contribution in [0.15, 0.2) is 47.6 Å². The van der Waals surface area contributed by atoms with E-state index >= 15 is 0 Å². The monoisotopic (exact) mass is 529 g/mol. The number of hydrogen-bond acceptors (Lipinski definition) is 4. The van der Waals surface area contributed by atoms with Gasteiger partial charge in [-0.15, -0.1) is 24.0 Å². The summed E-state index contributed by atoms with van der Waals surface area (Å²) < 4.78 is 5.40. The first kappa shape index (κ1) is 23.9. The van der Waals surface area contributed by atoms with Crippen LogP contribution in [0, 0.1) is 0 Å². The van der Waals surface area contributed by atoms with Crippen LogP contribution in [0.25, 0.3) is 0 Å². The van der Waals surface area contributed by atoms with E-state index < -0.39 is 0 Å². The highest BCUT2D eigenvalue weighted by Gasteiger charge is 2.10. The molecule has 0 amide bonds. The molecule has 2 N–H and O–H groups in total. The lowest BCUT2D eigenvalue weighted by Crippen LogP contribution is -2.37. The summed E-state index contributed by atoms with van der Waals surface area (Å²) in [4.78, 5) is 10.8. The van der Waals surface area contributed by atoms with Gasteiger partial charge in [-0.05, 0) is 29.2 Å². The zero-order chi connectivity index (χ0) is 19.6. The van der Waals surface area contributed by atoms with Gasteiger partial charge in [0, 0.05) is 46.0 Å². The number of pyridine rings is 1. The van der Waals surface area contributed by atoms with Gasteiger partial charge in [-0.1, -0.05) is 41.9 Å². The maximum atomic E-state index is 5.81. The number of rotatable bonds is 7. The number of nitrogens with zero attached hydrogens (tertiary/aromatic N) is 3. The molecule has 0 spiro atoms. The van der Waals surface area contributed by atoms with Crippen molar-refractivity contribution in [3.8, 4) is 0 Å². The van der Waals surface area contributed by atoms with Gasteiger partial charge in [0.1, 0.15) is 5.15 Å². The predicted molar refractivity (Wildman–Crippen MR) is 129 cm³/mol. The zero-order valence-corrected chi connectivity index (χ0v) is 19.8. The van der Waals surface area contributed by atoms with E-state index in [1.54, 1.807) is 13.2 Å². The topological polar surface area (TPSA) is 61.8 Å².